The maximum atomic E-state index is 10.3. The average Bonchev–Trinajstić information content (AvgIpc) is 2.49. The summed E-state index contributed by atoms with van der Waals surface area (Å²) in [5.41, 5.74) is 1.53. The van der Waals surface area contributed by atoms with Gasteiger partial charge in [0, 0.05) is 12.2 Å². The molecule has 0 aliphatic carbocycles. The Kier molecular flexibility index (Phi) is 7.36. The molecule has 1 aromatic carbocycles. The number of hydrogen-bond acceptors (Lipinski definition) is 3. The molecule has 21 heavy (non-hydrogen) atoms. The number of aromatic nitrogens is 1. The predicted molar refractivity (Wildman–Crippen MR) is 87.3 cm³/mol. The monoisotopic (exact) mass is 304 g/mol. The second kappa shape index (κ2) is 9.05. The van der Waals surface area contributed by atoms with Crippen LogP contribution in [-0.4, -0.2) is 29.1 Å². The van der Waals surface area contributed by atoms with Gasteiger partial charge in [0.1, 0.15) is 4.64 Å². The lowest BCUT2D eigenvalue weighted by atomic mass is 10.1. The van der Waals surface area contributed by atoms with Crippen molar-refractivity contribution in [2.24, 2.45) is 0 Å². The Morgan fingerprint density at radius 2 is 1.95 bits per heavy atom. The fourth-order valence-electron chi connectivity index (χ4n) is 1.66. The first-order chi connectivity index (χ1) is 10.0. The van der Waals surface area contributed by atoms with E-state index in [1.54, 1.807) is 12.3 Å². The molecule has 0 amide bonds. The number of carbonyl (C=O) groups is 1. The van der Waals surface area contributed by atoms with Crippen molar-refractivity contribution >= 4 is 18.2 Å². The molecule has 0 aliphatic heterocycles. The van der Waals surface area contributed by atoms with Gasteiger partial charge in [0.15, 0.2) is 0 Å². The predicted octanol–water partition coefficient (Wildman–Crippen LogP) is 3.28. The molecule has 2 aromatic rings. The molecule has 0 fully saturated rings. The first kappa shape index (κ1) is 17.1. The summed E-state index contributed by atoms with van der Waals surface area (Å²) in [6.07, 6.45) is 2.70. The van der Waals surface area contributed by atoms with Crippen LogP contribution in [0.1, 0.15) is 22.8 Å². The lowest BCUT2D eigenvalue weighted by Gasteiger charge is -2.08. The number of aromatic carboxylic acids is 1. The van der Waals surface area contributed by atoms with Gasteiger partial charge in [0.25, 0.3) is 0 Å². The standard InChI is InChI=1S/C10H15N.C6H5NO2S/c1-9(11-2)8-10-6-4-3-5-7-10;8-6(9)4-2-1-3-7-5(4)10/h3-7,9,11H,8H2,1-2H3;1-3H,(H,7,10)(H,8,9)/t9-;/m0./s1. The number of pyridine rings is 1. The first-order valence-electron chi connectivity index (χ1n) is 6.66. The highest BCUT2D eigenvalue weighted by Gasteiger charge is 2.01. The molecule has 1 aromatic heterocycles. The second-order valence-corrected chi connectivity index (χ2v) is 5.01. The summed E-state index contributed by atoms with van der Waals surface area (Å²) in [7, 11) is 1.99. The van der Waals surface area contributed by atoms with E-state index in [4.69, 9.17) is 17.3 Å². The number of nitrogens with one attached hydrogen (secondary N) is 2. The van der Waals surface area contributed by atoms with E-state index in [-0.39, 0.29) is 10.2 Å². The fraction of sp³-hybridized carbons (Fsp3) is 0.250. The van der Waals surface area contributed by atoms with Gasteiger partial charge >= 0.3 is 5.97 Å². The number of rotatable bonds is 4. The lowest BCUT2D eigenvalue weighted by molar-refractivity contribution is 0.0696. The zero-order chi connectivity index (χ0) is 15.7. The molecule has 0 saturated heterocycles. The van der Waals surface area contributed by atoms with Crippen LogP contribution in [0.15, 0.2) is 48.7 Å². The van der Waals surface area contributed by atoms with Gasteiger partial charge in [-0.2, -0.15) is 0 Å². The van der Waals surface area contributed by atoms with E-state index in [9.17, 15) is 4.79 Å². The van der Waals surface area contributed by atoms with Gasteiger partial charge in [0.05, 0.1) is 5.56 Å². The normalized spacial score (nSPS) is 11.1. The lowest BCUT2D eigenvalue weighted by Crippen LogP contribution is -2.23. The highest BCUT2D eigenvalue weighted by Crippen LogP contribution is 2.01. The number of carboxylic acid groups (broad SMARTS) is 1. The molecular formula is C16H20N2O2S. The van der Waals surface area contributed by atoms with Crippen molar-refractivity contribution in [1.82, 2.24) is 10.3 Å². The van der Waals surface area contributed by atoms with Gasteiger partial charge < -0.3 is 15.4 Å². The molecule has 0 spiro atoms. The third-order valence-corrected chi connectivity index (χ3v) is 3.26. The Balaban J connectivity index is 0.000000211. The largest absolute Gasteiger partial charge is 0.478 e. The molecule has 4 nitrogen and oxygen atoms in total. The Hall–Kier alpha value is -1.98. The number of aromatic amines is 1. The van der Waals surface area contributed by atoms with Crippen LogP contribution in [0, 0.1) is 4.64 Å². The molecule has 1 atom stereocenters. The molecule has 112 valence electrons. The van der Waals surface area contributed by atoms with Crippen molar-refractivity contribution in [2.45, 2.75) is 19.4 Å². The minimum atomic E-state index is -0.998. The Morgan fingerprint density at radius 3 is 2.43 bits per heavy atom. The van der Waals surface area contributed by atoms with Crippen LogP contribution in [0.4, 0.5) is 0 Å². The molecular weight excluding hydrogens is 284 g/mol. The minimum Gasteiger partial charge on any atom is -0.478 e. The highest BCUT2D eigenvalue weighted by atomic mass is 32.1. The van der Waals surface area contributed by atoms with Gasteiger partial charge in [-0.05, 0) is 38.1 Å². The van der Waals surface area contributed by atoms with Gasteiger partial charge in [-0.25, -0.2) is 4.79 Å². The molecule has 0 bridgehead atoms. The smallest absolute Gasteiger partial charge is 0.338 e. The van der Waals surface area contributed by atoms with E-state index in [1.807, 2.05) is 13.1 Å². The van der Waals surface area contributed by atoms with Crippen molar-refractivity contribution in [3.05, 3.63) is 64.4 Å². The van der Waals surface area contributed by atoms with Crippen LogP contribution >= 0.6 is 12.2 Å². The van der Waals surface area contributed by atoms with Gasteiger partial charge in [-0.3, -0.25) is 0 Å². The maximum Gasteiger partial charge on any atom is 0.338 e. The maximum absolute atomic E-state index is 10.3. The Labute approximate surface area is 129 Å². The van der Waals surface area contributed by atoms with Gasteiger partial charge in [-0.1, -0.05) is 42.5 Å². The van der Waals surface area contributed by atoms with Crippen LogP contribution in [0.2, 0.25) is 0 Å². The summed E-state index contributed by atoms with van der Waals surface area (Å²) in [6, 6.07) is 14.2. The zero-order valence-corrected chi connectivity index (χ0v) is 13.0. The molecule has 1 heterocycles. The molecule has 5 heteroatoms. The van der Waals surface area contributed by atoms with Crippen LogP contribution in [0.25, 0.3) is 0 Å². The van der Waals surface area contributed by atoms with E-state index in [2.05, 4.69) is 41.5 Å². The third-order valence-electron chi connectivity index (χ3n) is 2.93. The van der Waals surface area contributed by atoms with Gasteiger partial charge in [-0.15, -0.1) is 0 Å². The number of H-pyrrole nitrogens is 1. The zero-order valence-electron chi connectivity index (χ0n) is 12.2. The first-order valence-corrected chi connectivity index (χ1v) is 7.07. The SMILES string of the molecule is CN[C@@H](C)Cc1ccccc1.O=C(O)c1ccc[nH]c1=S. The van der Waals surface area contributed by atoms with Crippen LogP contribution < -0.4 is 5.32 Å². The summed E-state index contributed by atoms with van der Waals surface area (Å²) in [5, 5.41) is 11.7. The number of hydrogen-bond donors (Lipinski definition) is 3. The summed E-state index contributed by atoms with van der Waals surface area (Å²) >= 11 is 4.69. The summed E-state index contributed by atoms with van der Waals surface area (Å²) < 4.78 is 0.259. The van der Waals surface area contributed by atoms with E-state index >= 15 is 0 Å². The van der Waals surface area contributed by atoms with Crippen LogP contribution in [-0.2, 0) is 6.42 Å². The molecule has 0 unspecified atom stereocenters. The molecule has 0 aliphatic rings. The highest BCUT2D eigenvalue weighted by molar-refractivity contribution is 7.71. The summed E-state index contributed by atoms with van der Waals surface area (Å²) in [5.74, 6) is -0.998. The van der Waals surface area contributed by atoms with E-state index in [0.717, 1.165) is 6.42 Å². The second-order valence-electron chi connectivity index (χ2n) is 4.60. The summed E-state index contributed by atoms with van der Waals surface area (Å²) in [6.45, 7) is 2.19. The Morgan fingerprint density at radius 1 is 1.29 bits per heavy atom. The number of carboxylic acids is 1. The van der Waals surface area contributed by atoms with Crippen molar-refractivity contribution in [3.8, 4) is 0 Å². The molecule has 0 radical (unpaired) electrons. The topological polar surface area (TPSA) is 65.1 Å². The van der Waals surface area contributed by atoms with Gasteiger partial charge in [0.2, 0.25) is 0 Å². The van der Waals surface area contributed by atoms with Crippen LogP contribution in [0.5, 0.6) is 0 Å². The van der Waals surface area contributed by atoms with Crippen LogP contribution in [0.3, 0.4) is 0 Å². The van der Waals surface area contributed by atoms with Crippen molar-refractivity contribution in [1.29, 1.82) is 0 Å². The third kappa shape index (κ3) is 6.33. The average molecular weight is 304 g/mol. The van der Waals surface area contributed by atoms with Crippen molar-refractivity contribution in [3.63, 3.8) is 0 Å². The molecule has 0 saturated carbocycles. The number of benzene rings is 1. The van der Waals surface area contributed by atoms with E-state index < -0.39 is 5.97 Å². The molecule has 3 N–H and O–H groups in total. The summed E-state index contributed by atoms with van der Waals surface area (Å²) in [4.78, 5) is 13.0. The Bertz CT molecular complexity index is 611. The van der Waals surface area contributed by atoms with Crippen molar-refractivity contribution in [2.75, 3.05) is 7.05 Å². The minimum absolute atomic E-state index is 0.137. The van der Waals surface area contributed by atoms with E-state index in [0.29, 0.717) is 6.04 Å². The van der Waals surface area contributed by atoms with Crippen molar-refractivity contribution < 1.29 is 9.90 Å². The van der Waals surface area contributed by atoms with E-state index in [1.165, 1.54) is 11.6 Å². The fourth-order valence-corrected chi connectivity index (χ4v) is 1.88. The quantitative estimate of drug-likeness (QED) is 0.758. The number of likely N-dealkylation sites (N-methyl/N-ethyl adjacent to an activating group) is 1. The molecule has 2 rings (SSSR count).